The van der Waals surface area contributed by atoms with Crippen molar-refractivity contribution in [1.29, 1.82) is 0 Å². The molecule has 8 aliphatic rings. The van der Waals surface area contributed by atoms with Gasteiger partial charge in [-0.05, 0) is 113 Å². The van der Waals surface area contributed by atoms with E-state index in [2.05, 4.69) is 144 Å². The summed E-state index contributed by atoms with van der Waals surface area (Å²) in [5, 5.41) is 0. The molecule has 4 heterocycles. The maximum absolute atomic E-state index is 2.88. The van der Waals surface area contributed by atoms with Crippen LogP contribution in [0.2, 0.25) is 5.82 Å². The van der Waals surface area contributed by atoms with Gasteiger partial charge in [-0.15, -0.1) is 0 Å². The Morgan fingerprint density at radius 2 is 1.62 bits per heavy atom. The van der Waals surface area contributed by atoms with Crippen molar-refractivity contribution < 1.29 is 0 Å². The van der Waals surface area contributed by atoms with Crippen LogP contribution < -0.4 is 15.3 Å². The van der Waals surface area contributed by atoms with Crippen molar-refractivity contribution in [2.24, 2.45) is 22.7 Å². The molecular weight excluding hydrogens is 603 g/mol. The Kier molecular flexibility index (Phi) is 6.34. The maximum Gasteiger partial charge on any atom is 0.226 e. The van der Waals surface area contributed by atoms with E-state index in [1.807, 2.05) is 0 Å². The van der Waals surface area contributed by atoms with Crippen LogP contribution in [-0.2, 0) is 5.41 Å². The number of hydrogen-bond donors (Lipinski definition) is 0. The van der Waals surface area contributed by atoms with Gasteiger partial charge < -0.3 is 9.80 Å². The van der Waals surface area contributed by atoms with Gasteiger partial charge in [0.25, 0.3) is 0 Å². The monoisotopic (exact) mass is 656 g/mol. The van der Waals surface area contributed by atoms with Crippen LogP contribution in [-0.4, -0.2) is 12.8 Å². The third-order valence-corrected chi connectivity index (χ3v) is 14.1. The summed E-state index contributed by atoms with van der Waals surface area (Å²) >= 11 is 0. The summed E-state index contributed by atoms with van der Waals surface area (Å²) in [4.78, 5) is 5.69. The van der Waals surface area contributed by atoms with E-state index in [1.54, 1.807) is 44.6 Å². The maximum atomic E-state index is 2.88. The molecule has 4 aliphatic carbocycles. The molecule has 4 aliphatic heterocycles. The molecule has 0 N–H and O–H groups in total. The molecule has 0 spiro atoms. The molecule has 0 aromatic heterocycles. The zero-order valence-electron chi connectivity index (χ0n) is 31.5. The topological polar surface area (TPSA) is 6.48 Å². The van der Waals surface area contributed by atoms with Gasteiger partial charge >= 0.3 is 0 Å². The lowest BCUT2D eigenvalue weighted by atomic mass is 9.28. The van der Waals surface area contributed by atoms with Crippen molar-refractivity contribution in [1.82, 2.24) is 0 Å². The molecule has 2 aromatic rings. The molecule has 0 fully saturated rings. The van der Waals surface area contributed by atoms with E-state index in [4.69, 9.17) is 0 Å². The van der Waals surface area contributed by atoms with Gasteiger partial charge in [-0.1, -0.05) is 127 Å². The fourth-order valence-corrected chi connectivity index (χ4v) is 11.2. The van der Waals surface area contributed by atoms with E-state index in [0.29, 0.717) is 30.4 Å². The first kappa shape index (κ1) is 31.1. The van der Waals surface area contributed by atoms with Gasteiger partial charge in [0, 0.05) is 39.8 Å². The van der Waals surface area contributed by atoms with Gasteiger partial charge in [0.05, 0.1) is 6.04 Å². The molecule has 2 aromatic carbocycles. The van der Waals surface area contributed by atoms with Crippen molar-refractivity contribution >= 4 is 23.6 Å². The highest BCUT2D eigenvalue weighted by atomic mass is 15.2. The molecule has 0 saturated heterocycles. The van der Waals surface area contributed by atoms with Gasteiger partial charge in [-0.2, -0.15) is 0 Å². The third kappa shape index (κ3) is 4.10. The molecular formula is C47H53BN2. The Morgan fingerprint density at radius 1 is 0.840 bits per heavy atom. The van der Waals surface area contributed by atoms with E-state index >= 15 is 0 Å². The smallest absolute Gasteiger partial charge is 0.226 e. The number of anilines is 2. The lowest BCUT2D eigenvalue weighted by Crippen LogP contribution is -2.55. The van der Waals surface area contributed by atoms with Crippen molar-refractivity contribution in [3.63, 3.8) is 0 Å². The van der Waals surface area contributed by atoms with Crippen LogP contribution in [0.5, 0.6) is 0 Å². The Bertz CT molecular complexity index is 2080. The standard InChI is InChI=1S/C47H53BN2/c1-45(2,3)29-21-22-39-34(23-29)35-24-30(46(4,5)6)25-37-44(35)50(39)41-27-31(47(7,8)28-15-10-9-11-16-28)26-40-42(41)48(37)36-19-14-18-33-32-17-12-13-20-38(32)49(40)43(33)36/h9-11,14-18,21-22,25-27,29,35-36,38H,12-13,19-20,23-24H2,1-8H3. The summed E-state index contributed by atoms with van der Waals surface area (Å²) in [6, 6.07) is 17.0. The van der Waals surface area contributed by atoms with Gasteiger partial charge in [-0.3, -0.25) is 0 Å². The zero-order chi connectivity index (χ0) is 34.5. The van der Waals surface area contributed by atoms with E-state index in [-0.39, 0.29) is 16.2 Å². The normalized spacial score (nSPS) is 27.6. The third-order valence-electron chi connectivity index (χ3n) is 14.1. The zero-order valence-corrected chi connectivity index (χ0v) is 31.5. The number of nitrogens with zero attached hydrogens (tertiary/aromatic N) is 2. The molecule has 3 heteroatoms. The van der Waals surface area contributed by atoms with Crippen molar-refractivity contribution in [3.8, 4) is 0 Å². The Morgan fingerprint density at radius 3 is 2.38 bits per heavy atom. The number of allylic oxidation sites excluding steroid dienone is 10. The number of benzene rings is 2. The Labute approximate surface area is 301 Å². The Balaban J connectivity index is 1.28. The van der Waals surface area contributed by atoms with Gasteiger partial charge in [0.2, 0.25) is 6.71 Å². The second-order valence-corrected chi connectivity index (χ2v) is 19.2. The van der Waals surface area contributed by atoms with E-state index in [0.717, 1.165) is 19.3 Å². The summed E-state index contributed by atoms with van der Waals surface area (Å²) in [7, 11) is 0. The first-order chi connectivity index (χ1) is 23.8. The molecule has 0 saturated carbocycles. The van der Waals surface area contributed by atoms with Crippen LogP contribution >= 0.6 is 0 Å². The minimum Gasteiger partial charge on any atom is -0.338 e. The summed E-state index contributed by atoms with van der Waals surface area (Å²) in [6.45, 7) is 19.9. The lowest BCUT2D eigenvalue weighted by molar-refractivity contribution is 0.284. The van der Waals surface area contributed by atoms with Gasteiger partial charge in [0.15, 0.2) is 0 Å². The Hall–Kier alpha value is -3.72. The molecule has 0 bridgehead atoms. The molecule has 10 rings (SSSR count). The molecule has 0 radical (unpaired) electrons. The average molecular weight is 657 g/mol. The highest BCUT2D eigenvalue weighted by molar-refractivity contribution is 6.86. The highest BCUT2D eigenvalue weighted by Crippen LogP contribution is 2.61. The molecule has 50 heavy (non-hydrogen) atoms. The van der Waals surface area contributed by atoms with E-state index < -0.39 is 0 Å². The van der Waals surface area contributed by atoms with Crippen LogP contribution in [0.15, 0.2) is 124 Å². The van der Waals surface area contributed by atoms with Crippen LogP contribution in [0.25, 0.3) is 0 Å². The fourth-order valence-electron chi connectivity index (χ4n) is 11.2. The number of hydrogen-bond acceptors (Lipinski definition) is 2. The number of rotatable bonds is 2. The fraction of sp³-hybridized carbons (Fsp3) is 0.447. The van der Waals surface area contributed by atoms with Gasteiger partial charge in [-0.25, -0.2) is 0 Å². The first-order valence-corrected chi connectivity index (χ1v) is 19.6. The van der Waals surface area contributed by atoms with Crippen LogP contribution in [0.1, 0.15) is 105 Å². The summed E-state index contributed by atoms with van der Waals surface area (Å²) in [5.41, 5.74) is 20.4. The lowest BCUT2D eigenvalue weighted by Gasteiger charge is -2.50. The minimum absolute atomic E-state index is 0.135. The SMILES string of the molecule is CC(C)(C)C1=CC2=C3C(C1)C1=C(C=CC(C(C)(C)C)C1)N3c1cc(C(C)(C)c3ccccc3)cc3c1B2C1CC=CC2=C1N3C1CCCC=C21. The second-order valence-electron chi connectivity index (χ2n) is 19.2. The van der Waals surface area contributed by atoms with E-state index in [1.165, 1.54) is 47.5 Å². The van der Waals surface area contributed by atoms with Crippen molar-refractivity contribution in [2.75, 3.05) is 9.80 Å². The summed E-state index contributed by atoms with van der Waals surface area (Å²) in [5.74, 6) is 1.48. The molecule has 0 amide bonds. The minimum atomic E-state index is -0.135. The quantitative estimate of drug-likeness (QED) is 0.297. The van der Waals surface area contributed by atoms with E-state index in [9.17, 15) is 0 Å². The predicted octanol–water partition coefficient (Wildman–Crippen LogP) is 11.1. The second kappa shape index (κ2) is 10.2. The van der Waals surface area contributed by atoms with Crippen LogP contribution in [0, 0.1) is 22.7 Å². The summed E-state index contributed by atoms with van der Waals surface area (Å²) < 4.78 is 0. The molecule has 4 atom stereocenters. The van der Waals surface area contributed by atoms with Crippen LogP contribution in [0.4, 0.5) is 11.4 Å². The average Bonchev–Trinajstić information content (AvgIpc) is 3.61. The molecule has 2 nitrogen and oxygen atoms in total. The largest absolute Gasteiger partial charge is 0.338 e. The molecule has 254 valence electrons. The van der Waals surface area contributed by atoms with Gasteiger partial charge in [0.1, 0.15) is 0 Å². The van der Waals surface area contributed by atoms with Crippen molar-refractivity contribution in [3.05, 3.63) is 135 Å². The highest BCUT2D eigenvalue weighted by Gasteiger charge is 2.57. The summed E-state index contributed by atoms with van der Waals surface area (Å²) in [6.07, 6.45) is 22.6. The predicted molar refractivity (Wildman–Crippen MR) is 212 cm³/mol. The van der Waals surface area contributed by atoms with Crippen LogP contribution in [0.3, 0.4) is 0 Å². The van der Waals surface area contributed by atoms with Crippen molar-refractivity contribution in [2.45, 2.75) is 111 Å². The molecule has 4 unspecified atom stereocenters. The number of fused-ring (bicyclic) bond motifs is 9. The first-order valence-electron chi connectivity index (χ1n) is 19.6.